The van der Waals surface area contributed by atoms with E-state index in [1.165, 1.54) is 105 Å². The van der Waals surface area contributed by atoms with E-state index in [1.807, 2.05) is 0 Å². The van der Waals surface area contributed by atoms with Crippen molar-refractivity contribution in [2.24, 2.45) is 0 Å². The van der Waals surface area contributed by atoms with Crippen LogP contribution < -0.4 is 0 Å². The van der Waals surface area contributed by atoms with E-state index in [0.29, 0.717) is 5.92 Å². The predicted octanol–water partition coefficient (Wildman–Crippen LogP) is 16.3. The zero-order valence-electron chi connectivity index (χ0n) is 32.3. The highest BCUT2D eigenvalue weighted by Crippen LogP contribution is 2.47. The van der Waals surface area contributed by atoms with Crippen molar-refractivity contribution in [2.75, 3.05) is 0 Å². The van der Waals surface area contributed by atoms with Gasteiger partial charge in [-0.15, -0.1) is 0 Å². The second-order valence-electron chi connectivity index (χ2n) is 15.4. The second-order valence-corrected chi connectivity index (χ2v) is 15.4. The Kier molecular flexibility index (Phi) is 8.81. The van der Waals surface area contributed by atoms with E-state index < -0.39 is 0 Å². The van der Waals surface area contributed by atoms with Gasteiger partial charge in [-0.05, 0) is 123 Å². The Labute approximate surface area is 335 Å². The summed E-state index contributed by atoms with van der Waals surface area (Å²) in [6.45, 7) is 4.55. The van der Waals surface area contributed by atoms with Crippen LogP contribution in [-0.2, 0) is 0 Å². The quantitative estimate of drug-likeness (QED) is 0.143. The summed E-state index contributed by atoms with van der Waals surface area (Å²) in [5, 5.41) is 7.54. The fourth-order valence-corrected chi connectivity index (χ4v) is 8.89. The van der Waals surface area contributed by atoms with Gasteiger partial charge in [0.15, 0.2) is 0 Å². The molecule has 0 unspecified atom stereocenters. The van der Waals surface area contributed by atoms with Crippen LogP contribution in [0.2, 0.25) is 0 Å². The first-order valence-corrected chi connectivity index (χ1v) is 20.0. The van der Waals surface area contributed by atoms with Crippen molar-refractivity contribution in [1.82, 2.24) is 0 Å². The summed E-state index contributed by atoms with van der Waals surface area (Å²) < 4.78 is 0. The highest BCUT2D eigenvalue weighted by molar-refractivity contribution is 6.21. The average Bonchev–Trinajstić information content (AvgIpc) is 3.28. The molecule has 10 rings (SSSR count). The molecule has 10 aromatic carbocycles. The average molecular weight is 727 g/mol. The van der Waals surface area contributed by atoms with Crippen molar-refractivity contribution in [3.05, 3.63) is 218 Å². The SMILES string of the molecule is CC(C)c1cccc(-c2c3ccccc3c(-c3ccc(-c4cccc5ccccc45)c(-c4ccccc4-c4cccc(-c5ccccc5)c4)c3)c3ccccc23)c1. The van der Waals surface area contributed by atoms with Gasteiger partial charge in [0.1, 0.15) is 0 Å². The van der Waals surface area contributed by atoms with Crippen molar-refractivity contribution in [3.8, 4) is 66.8 Å². The lowest BCUT2D eigenvalue weighted by atomic mass is 9.82. The molecule has 0 aliphatic rings. The van der Waals surface area contributed by atoms with Crippen molar-refractivity contribution in [1.29, 1.82) is 0 Å². The predicted molar refractivity (Wildman–Crippen MR) is 246 cm³/mol. The molecule has 270 valence electrons. The zero-order valence-corrected chi connectivity index (χ0v) is 32.3. The summed E-state index contributed by atoms with van der Waals surface area (Å²) in [6.07, 6.45) is 0. The number of rotatable bonds is 7. The minimum atomic E-state index is 0.448. The lowest BCUT2D eigenvalue weighted by Crippen LogP contribution is -1.94. The topological polar surface area (TPSA) is 0 Å². The molecule has 0 atom stereocenters. The van der Waals surface area contributed by atoms with Gasteiger partial charge in [-0.25, -0.2) is 0 Å². The van der Waals surface area contributed by atoms with E-state index in [1.54, 1.807) is 0 Å². The molecule has 0 aliphatic heterocycles. The molecule has 10 aromatic rings. The van der Waals surface area contributed by atoms with Gasteiger partial charge in [-0.2, -0.15) is 0 Å². The monoisotopic (exact) mass is 726 g/mol. The third-order valence-electron chi connectivity index (χ3n) is 11.7. The van der Waals surface area contributed by atoms with Crippen LogP contribution in [0.15, 0.2) is 212 Å². The Bertz CT molecular complexity index is 3030. The first-order valence-electron chi connectivity index (χ1n) is 20.0. The van der Waals surface area contributed by atoms with E-state index >= 15 is 0 Å². The maximum Gasteiger partial charge on any atom is -0.00261 e. The molecule has 0 bridgehead atoms. The van der Waals surface area contributed by atoms with E-state index in [-0.39, 0.29) is 0 Å². The molecular weight excluding hydrogens is 685 g/mol. The van der Waals surface area contributed by atoms with Crippen molar-refractivity contribution in [2.45, 2.75) is 19.8 Å². The fraction of sp³-hybridized carbons (Fsp3) is 0.0526. The van der Waals surface area contributed by atoms with Crippen molar-refractivity contribution in [3.63, 3.8) is 0 Å². The van der Waals surface area contributed by atoms with Gasteiger partial charge in [0.25, 0.3) is 0 Å². The van der Waals surface area contributed by atoms with Gasteiger partial charge in [-0.3, -0.25) is 0 Å². The molecule has 0 nitrogen and oxygen atoms in total. The van der Waals surface area contributed by atoms with Gasteiger partial charge >= 0.3 is 0 Å². The van der Waals surface area contributed by atoms with E-state index in [9.17, 15) is 0 Å². The minimum Gasteiger partial charge on any atom is -0.0622 e. The Balaban J connectivity index is 1.26. The van der Waals surface area contributed by atoms with Gasteiger partial charge in [-0.1, -0.05) is 214 Å². The summed E-state index contributed by atoms with van der Waals surface area (Å²) in [7, 11) is 0. The summed E-state index contributed by atoms with van der Waals surface area (Å²) >= 11 is 0. The van der Waals surface area contributed by atoms with Crippen LogP contribution in [0.25, 0.3) is 99.1 Å². The number of fused-ring (bicyclic) bond motifs is 3. The maximum atomic E-state index is 2.46. The number of hydrogen-bond donors (Lipinski definition) is 0. The lowest BCUT2D eigenvalue weighted by Gasteiger charge is -2.21. The Morgan fingerprint density at radius 2 is 0.737 bits per heavy atom. The highest BCUT2D eigenvalue weighted by atomic mass is 14.2. The van der Waals surface area contributed by atoms with Gasteiger partial charge in [0.2, 0.25) is 0 Å². The summed E-state index contributed by atoms with van der Waals surface area (Å²) in [4.78, 5) is 0. The Morgan fingerprint density at radius 3 is 1.44 bits per heavy atom. The van der Waals surface area contributed by atoms with Crippen LogP contribution >= 0.6 is 0 Å². The van der Waals surface area contributed by atoms with Gasteiger partial charge in [0, 0.05) is 0 Å². The van der Waals surface area contributed by atoms with E-state index in [4.69, 9.17) is 0 Å². The maximum absolute atomic E-state index is 2.46. The Hall–Kier alpha value is -7.02. The van der Waals surface area contributed by atoms with Gasteiger partial charge in [0.05, 0.1) is 0 Å². The smallest absolute Gasteiger partial charge is 0.00261 e. The summed E-state index contributed by atoms with van der Waals surface area (Å²) in [6, 6.07) is 78.4. The molecule has 0 amide bonds. The molecule has 0 heteroatoms. The fourth-order valence-electron chi connectivity index (χ4n) is 8.89. The van der Waals surface area contributed by atoms with Crippen LogP contribution in [0, 0.1) is 0 Å². The van der Waals surface area contributed by atoms with Crippen LogP contribution in [-0.4, -0.2) is 0 Å². The molecule has 0 saturated heterocycles. The van der Waals surface area contributed by atoms with Crippen LogP contribution in [0.3, 0.4) is 0 Å². The van der Waals surface area contributed by atoms with Gasteiger partial charge < -0.3 is 0 Å². The molecular formula is C57H42. The van der Waals surface area contributed by atoms with Crippen LogP contribution in [0.1, 0.15) is 25.3 Å². The summed E-state index contributed by atoms with van der Waals surface area (Å²) in [5.74, 6) is 0.448. The normalized spacial score (nSPS) is 11.5. The molecule has 0 saturated carbocycles. The molecule has 0 N–H and O–H groups in total. The zero-order chi connectivity index (χ0) is 38.3. The third kappa shape index (κ3) is 6.21. The van der Waals surface area contributed by atoms with Crippen molar-refractivity contribution < 1.29 is 0 Å². The minimum absolute atomic E-state index is 0.448. The number of benzene rings is 10. The first-order chi connectivity index (χ1) is 28.1. The Morgan fingerprint density at radius 1 is 0.263 bits per heavy atom. The molecule has 0 fully saturated rings. The molecule has 0 aliphatic carbocycles. The lowest BCUT2D eigenvalue weighted by molar-refractivity contribution is 0.867. The highest BCUT2D eigenvalue weighted by Gasteiger charge is 2.20. The third-order valence-corrected chi connectivity index (χ3v) is 11.7. The molecule has 0 spiro atoms. The van der Waals surface area contributed by atoms with Crippen molar-refractivity contribution >= 4 is 32.3 Å². The summed E-state index contributed by atoms with van der Waals surface area (Å²) in [5.41, 5.74) is 16.1. The first kappa shape index (κ1) is 34.5. The largest absolute Gasteiger partial charge is 0.0622 e. The molecule has 57 heavy (non-hydrogen) atoms. The second kappa shape index (κ2) is 14.6. The molecule has 0 heterocycles. The van der Waals surface area contributed by atoms with E-state index in [2.05, 4.69) is 226 Å². The standard InChI is InChI=1S/C57H42/c1-38(2)41-21-14-24-44(35-41)56-51-28-10-12-30-53(51)57(54-31-13-11-29-52(54)56)45-33-34-50(48-32-16-20-40-19-6-7-25-46(40)48)55(37-45)49-27-9-8-26-47(49)43-23-15-22-42(36-43)39-17-4-3-5-18-39/h3-38H,1-2H3. The number of hydrogen-bond acceptors (Lipinski definition) is 0. The molecule has 0 radical (unpaired) electrons. The van der Waals surface area contributed by atoms with Crippen LogP contribution in [0.4, 0.5) is 0 Å². The molecule has 0 aromatic heterocycles. The van der Waals surface area contributed by atoms with E-state index in [0.717, 1.165) is 0 Å². The van der Waals surface area contributed by atoms with Crippen LogP contribution in [0.5, 0.6) is 0 Å².